The second-order valence-electron chi connectivity index (χ2n) is 4.95. The van der Waals surface area contributed by atoms with Gasteiger partial charge < -0.3 is 10.6 Å². The maximum absolute atomic E-state index is 10.8. The number of non-ortho nitro benzene ring substituents is 1. The first-order valence-corrected chi connectivity index (χ1v) is 7.92. The van der Waals surface area contributed by atoms with Crippen molar-refractivity contribution in [3.05, 3.63) is 55.5 Å². The van der Waals surface area contributed by atoms with Crippen molar-refractivity contribution in [1.82, 2.24) is 15.6 Å². The number of nitro benzene ring substituents is 1. The topological polar surface area (TPSA) is 92.5 Å². The lowest BCUT2D eigenvalue weighted by Crippen LogP contribution is -2.36. The third kappa shape index (κ3) is 5.71. The Kier molecular flexibility index (Phi) is 8.05. The molecule has 0 atom stereocenters. The standard InChI is InChI=1S/C15H19N5O2S.HI/c1-10-14(23-11(2)19-10)9-18-15(16-3)17-8-12-5-4-6-13(7-12)20(21)22;/h4-7H,8-9H2,1-3H3,(H2,16,17,18);1H. The first kappa shape index (κ1) is 20.3. The molecule has 0 aliphatic heterocycles. The quantitative estimate of drug-likeness (QED) is 0.235. The van der Waals surface area contributed by atoms with E-state index in [1.807, 2.05) is 19.9 Å². The second-order valence-corrected chi connectivity index (χ2v) is 6.24. The van der Waals surface area contributed by atoms with Crippen LogP contribution in [0.15, 0.2) is 29.3 Å². The molecule has 0 bridgehead atoms. The molecule has 0 fully saturated rings. The van der Waals surface area contributed by atoms with Crippen molar-refractivity contribution in [1.29, 1.82) is 0 Å². The van der Waals surface area contributed by atoms with Gasteiger partial charge >= 0.3 is 0 Å². The van der Waals surface area contributed by atoms with E-state index in [0.717, 1.165) is 16.3 Å². The molecule has 9 heteroatoms. The van der Waals surface area contributed by atoms with Gasteiger partial charge in [0.05, 0.1) is 22.2 Å². The number of benzene rings is 1. The molecule has 2 rings (SSSR count). The number of nitrogens with zero attached hydrogens (tertiary/aromatic N) is 3. The zero-order chi connectivity index (χ0) is 16.8. The van der Waals surface area contributed by atoms with E-state index in [2.05, 4.69) is 20.6 Å². The summed E-state index contributed by atoms with van der Waals surface area (Å²) in [7, 11) is 1.69. The minimum Gasteiger partial charge on any atom is -0.352 e. The fourth-order valence-corrected chi connectivity index (χ4v) is 2.96. The van der Waals surface area contributed by atoms with Crippen LogP contribution in [0, 0.1) is 24.0 Å². The molecule has 1 aromatic heterocycles. The van der Waals surface area contributed by atoms with Gasteiger partial charge in [-0.05, 0) is 19.4 Å². The van der Waals surface area contributed by atoms with Crippen molar-refractivity contribution in [3.8, 4) is 0 Å². The molecular weight excluding hydrogens is 441 g/mol. The molecule has 0 saturated heterocycles. The van der Waals surface area contributed by atoms with Crippen molar-refractivity contribution in [2.45, 2.75) is 26.9 Å². The fraction of sp³-hybridized carbons (Fsp3) is 0.333. The molecule has 0 aliphatic carbocycles. The molecule has 24 heavy (non-hydrogen) atoms. The largest absolute Gasteiger partial charge is 0.352 e. The molecule has 130 valence electrons. The van der Waals surface area contributed by atoms with Crippen molar-refractivity contribution >= 4 is 47.0 Å². The molecule has 0 radical (unpaired) electrons. The number of aromatic nitrogens is 1. The zero-order valence-corrected chi connectivity index (χ0v) is 16.8. The Hall–Kier alpha value is -1.75. The van der Waals surface area contributed by atoms with E-state index in [1.54, 1.807) is 30.5 Å². The molecular formula is C15H20IN5O2S. The van der Waals surface area contributed by atoms with Gasteiger partial charge in [-0.1, -0.05) is 12.1 Å². The normalized spacial score (nSPS) is 10.9. The fourth-order valence-electron chi connectivity index (χ4n) is 2.09. The molecule has 0 spiro atoms. The minimum atomic E-state index is -0.397. The maximum atomic E-state index is 10.8. The highest BCUT2D eigenvalue weighted by molar-refractivity contribution is 14.0. The SMILES string of the molecule is CN=C(NCc1cccc([N+](=O)[O-])c1)NCc1sc(C)nc1C.I. The first-order valence-electron chi connectivity index (χ1n) is 7.10. The summed E-state index contributed by atoms with van der Waals surface area (Å²) in [6.07, 6.45) is 0. The number of aliphatic imine (C=N–C) groups is 1. The number of rotatable bonds is 5. The van der Waals surface area contributed by atoms with Gasteiger partial charge in [0.2, 0.25) is 0 Å². The molecule has 1 heterocycles. The van der Waals surface area contributed by atoms with Gasteiger partial charge in [0.15, 0.2) is 5.96 Å². The van der Waals surface area contributed by atoms with Crippen LogP contribution in [0.5, 0.6) is 0 Å². The lowest BCUT2D eigenvalue weighted by Gasteiger charge is -2.11. The number of aryl methyl sites for hydroxylation is 2. The van der Waals surface area contributed by atoms with Crippen LogP contribution in [0.4, 0.5) is 5.69 Å². The van der Waals surface area contributed by atoms with Crippen LogP contribution in [0.25, 0.3) is 0 Å². The van der Waals surface area contributed by atoms with Crippen molar-refractivity contribution < 1.29 is 4.92 Å². The van der Waals surface area contributed by atoms with Crippen LogP contribution in [0.1, 0.15) is 21.1 Å². The van der Waals surface area contributed by atoms with E-state index in [4.69, 9.17) is 0 Å². The molecule has 0 aliphatic rings. The number of hydrogen-bond acceptors (Lipinski definition) is 5. The van der Waals surface area contributed by atoms with Gasteiger partial charge in [-0.3, -0.25) is 15.1 Å². The summed E-state index contributed by atoms with van der Waals surface area (Å²) >= 11 is 1.66. The van der Waals surface area contributed by atoms with Crippen LogP contribution >= 0.6 is 35.3 Å². The van der Waals surface area contributed by atoms with Crippen molar-refractivity contribution in [2.75, 3.05) is 7.05 Å². The summed E-state index contributed by atoms with van der Waals surface area (Å²) in [5, 5.41) is 18.2. The predicted octanol–water partition coefficient (Wildman–Crippen LogP) is 3.15. The monoisotopic (exact) mass is 461 g/mol. The third-order valence-electron chi connectivity index (χ3n) is 3.22. The van der Waals surface area contributed by atoms with Crippen LogP contribution in [0.3, 0.4) is 0 Å². The van der Waals surface area contributed by atoms with Gasteiger partial charge in [0.1, 0.15) is 0 Å². The number of nitro groups is 1. The van der Waals surface area contributed by atoms with E-state index in [1.165, 1.54) is 10.9 Å². The molecule has 1 aromatic carbocycles. The van der Waals surface area contributed by atoms with Gasteiger partial charge in [-0.25, -0.2) is 4.98 Å². The van der Waals surface area contributed by atoms with Crippen molar-refractivity contribution in [2.24, 2.45) is 4.99 Å². The first-order chi connectivity index (χ1) is 11.0. The number of hydrogen-bond donors (Lipinski definition) is 2. The summed E-state index contributed by atoms with van der Waals surface area (Å²) in [5.41, 5.74) is 1.93. The molecule has 7 nitrogen and oxygen atoms in total. The average Bonchev–Trinajstić information content (AvgIpc) is 2.85. The van der Waals surface area contributed by atoms with Crippen LogP contribution in [0.2, 0.25) is 0 Å². The van der Waals surface area contributed by atoms with Crippen molar-refractivity contribution in [3.63, 3.8) is 0 Å². The van der Waals surface area contributed by atoms with Gasteiger partial charge in [0.25, 0.3) is 5.69 Å². The second kappa shape index (κ2) is 9.52. The Bertz CT molecular complexity index is 732. The van der Waals surface area contributed by atoms with E-state index in [-0.39, 0.29) is 29.7 Å². The lowest BCUT2D eigenvalue weighted by molar-refractivity contribution is -0.384. The molecule has 0 saturated carbocycles. The predicted molar refractivity (Wildman–Crippen MR) is 107 cm³/mol. The van der Waals surface area contributed by atoms with Crippen LogP contribution in [-0.2, 0) is 13.1 Å². The summed E-state index contributed by atoms with van der Waals surface area (Å²) in [6, 6.07) is 6.54. The van der Waals surface area contributed by atoms with E-state index >= 15 is 0 Å². The van der Waals surface area contributed by atoms with E-state index in [0.29, 0.717) is 19.0 Å². The lowest BCUT2D eigenvalue weighted by atomic mass is 10.2. The Morgan fingerprint density at radius 3 is 2.62 bits per heavy atom. The Balaban J connectivity index is 0.00000288. The van der Waals surface area contributed by atoms with Gasteiger partial charge in [-0.15, -0.1) is 35.3 Å². The molecule has 0 amide bonds. The van der Waals surface area contributed by atoms with Gasteiger partial charge in [0, 0.05) is 30.6 Å². The number of thiazole rings is 1. The molecule has 2 aromatic rings. The highest BCUT2D eigenvalue weighted by atomic mass is 127. The van der Waals surface area contributed by atoms with E-state index in [9.17, 15) is 10.1 Å². The Morgan fingerprint density at radius 1 is 1.33 bits per heavy atom. The maximum Gasteiger partial charge on any atom is 0.269 e. The average molecular weight is 461 g/mol. The third-order valence-corrected chi connectivity index (χ3v) is 4.29. The minimum absolute atomic E-state index is 0. The smallest absolute Gasteiger partial charge is 0.269 e. The Morgan fingerprint density at radius 2 is 2.04 bits per heavy atom. The highest BCUT2D eigenvalue weighted by Crippen LogP contribution is 2.16. The van der Waals surface area contributed by atoms with Crippen LogP contribution in [-0.4, -0.2) is 22.9 Å². The summed E-state index contributed by atoms with van der Waals surface area (Å²) in [5.74, 6) is 0.641. The summed E-state index contributed by atoms with van der Waals surface area (Å²) in [4.78, 5) is 20.1. The van der Waals surface area contributed by atoms with Crippen LogP contribution < -0.4 is 10.6 Å². The Labute approximate surface area is 161 Å². The molecule has 0 unspecified atom stereocenters. The summed E-state index contributed by atoms with van der Waals surface area (Å²) < 4.78 is 0. The number of halogens is 1. The number of nitrogens with one attached hydrogen (secondary N) is 2. The number of guanidine groups is 1. The molecule has 2 N–H and O–H groups in total. The van der Waals surface area contributed by atoms with E-state index < -0.39 is 4.92 Å². The highest BCUT2D eigenvalue weighted by Gasteiger charge is 2.08. The summed E-state index contributed by atoms with van der Waals surface area (Å²) in [6.45, 7) is 5.07. The zero-order valence-electron chi connectivity index (χ0n) is 13.7. The van der Waals surface area contributed by atoms with Gasteiger partial charge in [-0.2, -0.15) is 0 Å².